The predicted octanol–water partition coefficient (Wildman–Crippen LogP) is 4.98. The van der Waals surface area contributed by atoms with Crippen molar-refractivity contribution in [2.75, 3.05) is 7.05 Å². The van der Waals surface area contributed by atoms with Crippen molar-refractivity contribution in [2.45, 2.75) is 46.1 Å². The normalized spacial score (nSPS) is 29.2. The van der Waals surface area contributed by atoms with Gasteiger partial charge < -0.3 is 5.32 Å². The smallest absolute Gasteiger partial charge is 0.0435 e. The van der Waals surface area contributed by atoms with Crippen LogP contribution >= 0.6 is 11.6 Å². The summed E-state index contributed by atoms with van der Waals surface area (Å²) in [4.78, 5) is 0. The van der Waals surface area contributed by atoms with Crippen molar-refractivity contribution in [1.82, 2.24) is 5.32 Å². The monoisotopic (exact) mass is 279 g/mol. The Balaban J connectivity index is 2.21. The minimum Gasteiger partial charge on any atom is -0.313 e. The Kier molecular flexibility index (Phi) is 4.92. The number of aryl methyl sites for hydroxylation is 1. The first-order chi connectivity index (χ1) is 9.01. The lowest BCUT2D eigenvalue weighted by Crippen LogP contribution is -2.31. The first kappa shape index (κ1) is 14.9. The van der Waals surface area contributed by atoms with Gasteiger partial charge in [-0.15, -0.1) is 0 Å². The van der Waals surface area contributed by atoms with Crippen LogP contribution in [0.4, 0.5) is 0 Å². The van der Waals surface area contributed by atoms with E-state index in [-0.39, 0.29) is 0 Å². The zero-order valence-electron chi connectivity index (χ0n) is 12.5. The Morgan fingerprint density at radius 2 is 1.79 bits per heavy atom. The maximum atomic E-state index is 6.14. The van der Waals surface area contributed by atoms with Gasteiger partial charge >= 0.3 is 0 Å². The third kappa shape index (κ3) is 3.52. The van der Waals surface area contributed by atoms with E-state index in [9.17, 15) is 0 Å². The summed E-state index contributed by atoms with van der Waals surface area (Å²) in [7, 11) is 2.08. The summed E-state index contributed by atoms with van der Waals surface area (Å²) in [6, 6.07) is 6.92. The van der Waals surface area contributed by atoms with E-state index in [1.807, 2.05) is 6.07 Å². The van der Waals surface area contributed by atoms with Crippen LogP contribution < -0.4 is 5.32 Å². The molecule has 0 heterocycles. The first-order valence-corrected chi connectivity index (χ1v) is 7.82. The Morgan fingerprint density at radius 1 is 1.16 bits per heavy atom. The van der Waals surface area contributed by atoms with Crippen molar-refractivity contribution < 1.29 is 0 Å². The van der Waals surface area contributed by atoms with Crippen LogP contribution in [0.25, 0.3) is 0 Å². The van der Waals surface area contributed by atoms with Gasteiger partial charge in [0.25, 0.3) is 0 Å². The third-order valence-electron chi connectivity index (χ3n) is 4.54. The summed E-state index contributed by atoms with van der Waals surface area (Å²) >= 11 is 6.14. The van der Waals surface area contributed by atoms with Crippen LogP contribution in [0.1, 0.15) is 50.3 Å². The minimum absolute atomic E-state index is 0.459. The van der Waals surface area contributed by atoms with Crippen molar-refractivity contribution >= 4 is 11.6 Å². The molecule has 3 atom stereocenters. The zero-order chi connectivity index (χ0) is 14.0. The van der Waals surface area contributed by atoms with Crippen LogP contribution in [0.3, 0.4) is 0 Å². The van der Waals surface area contributed by atoms with Crippen LogP contribution in [0.2, 0.25) is 5.02 Å². The summed E-state index contributed by atoms with van der Waals surface area (Å²) in [5.41, 5.74) is 2.56. The lowest BCUT2D eigenvalue weighted by molar-refractivity contribution is 0.180. The van der Waals surface area contributed by atoms with Crippen LogP contribution in [0.5, 0.6) is 0 Å². The van der Waals surface area contributed by atoms with Crippen molar-refractivity contribution in [2.24, 2.45) is 17.8 Å². The van der Waals surface area contributed by atoms with Crippen molar-refractivity contribution in [1.29, 1.82) is 0 Å². The molecule has 0 radical (unpaired) electrons. The molecule has 0 saturated heterocycles. The number of halogens is 1. The molecule has 1 aromatic carbocycles. The maximum Gasteiger partial charge on any atom is 0.0435 e. The highest BCUT2D eigenvalue weighted by molar-refractivity contribution is 6.31. The van der Waals surface area contributed by atoms with Crippen LogP contribution in [0.15, 0.2) is 18.2 Å². The molecule has 19 heavy (non-hydrogen) atoms. The number of benzene rings is 1. The Morgan fingerprint density at radius 3 is 2.32 bits per heavy atom. The average Bonchev–Trinajstić information content (AvgIpc) is 2.33. The molecule has 1 N–H and O–H groups in total. The summed E-state index contributed by atoms with van der Waals surface area (Å²) in [5.74, 6) is 2.43. The highest BCUT2D eigenvalue weighted by atomic mass is 35.5. The number of nitrogens with one attached hydrogen (secondary N) is 1. The van der Waals surface area contributed by atoms with Crippen LogP contribution in [-0.4, -0.2) is 7.05 Å². The second-order valence-corrected chi connectivity index (χ2v) is 6.86. The molecule has 0 spiro atoms. The van der Waals surface area contributed by atoms with E-state index in [0.29, 0.717) is 6.04 Å². The highest BCUT2D eigenvalue weighted by Crippen LogP contribution is 2.40. The number of hydrogen-bond donors (Lipinski definition) is 1. The van der Waals surface area contributed by atoms with Gasteiger partial charge in [-0.05, 0) is 68.2 Å². The average molecular weight is 280 g/mol. The molecule has 2 rings (SSSR count). The van der Waals surface area contributed by atoms with Gasteiger partial charge in [0.1, 0.15) is 0 Å². The van der Waals surface area contributed by atoms with E-state index >= 15 is 0 Å². The molecule has 2 heteroatoms. The fourth-order valence-corrected chi connectivity index (χ4v) is 3.93. The van der Waals surface area contributed by atoms with Gasteiger partial charge in [0, 0.05) is 11.1 Å². The number of hydrogen-bond acceptors (Lipinski definition) is 1. The van der Waals surface area contributed by atoms with Crippen molar-refractivity contribution in [3.63, 3.8) is 0 Å². The Bertz CT molecular complexity index is 419. The van der Waals surface area contributed by atoms with Crippen molar-refractivity contribution in [3.8, 4) is 0 Å². The minimum atomic E-state index is 0.459. The molecule has 0 amide bonds. The Hall–Kier alpha value is -0.530. The molecule has 1 nitrogen and oxygen atoms in total. The van der Waals surface area contributed by atoms with E-state index in [1.165, 1.54) is 30.4 Å². The zero-order valence-corrected chi connectivity index (χ0v) is 13.3. The van der Waals surface area contributed by atoms with Gasteiger partial charge in [0.15, 0.2) is 0 Å². The van der Waals surface area contributed by atoms with E-state index in [1.54, 1.807) is 0 Å². The molecule has 1 saturated carbocycles. The molecule has 0 aliphatic heterocycles. The summed E-state index contributed by atoms with van der Waals surface area (Å²) in [6.07, 6.45) is 4.04. The molecule has 1 aliphatic rings. The van der Waals surface area contributed by atoms with E-state index in [2.05, 4.69) is 45.3 Å². The van der Waals surface area contributed by atoms with E-state index < -0.39 is 0 Å². The summed E-state index contributed by atoms with van der Waals surface area (Å²) in [6.45, 7) is 6.87. The van der Waals surface area contributed by atoms with Crippen LogP contribution in [-0.2, 0) is 0 Å². The highest BCUT2D eigenvalue weighted by Gasteiger charge is 2.30. The molecule has 3 unspecified atom stereocenters. The standard InChI is InChI=1S/C17H26ClN/c1-11-7-12(2)9-15(8-11)17(19-4)14-5-6-16(18)13(3)10-14/h5-6,10-12,15,17,19H,7-9H2,1-4H3. The maximum absolute atomic E-state index is 6.14. The van der Waals surface area contributed by atoms with Gasteiger partial charge in [-0.2, -0.15) is 0 Å². The predicted molar refractivity (Wildman–Crippen MR) is 83.7 cm³/mol. The fourth-order valence-electron chi connectivity index (χ4n) is 3.82. The van der Waals surface area contributed by atoms with Gasteiger partial charge in [-0.3, -0.25) is 0 Å². The lowest BCUT2D eigenvalue weighted by atomic mass is 9.72. The SMILES string of the molecule is CNC(c1ccc(Cl)c(C)c1)C1CC(C)CC(C)C1. The first-order valence-electron chi connectivity index (χ1n) is 7.44. The molecule has 0 aromatic heterocycles. The second kappa shape index (κ2) is 6.28. The van der Waals surface area contributed by atoms with Crippen LogP contribution in [0, 0.1) is 24.7 Å². The summed E-state index contributed by atoms with van der Waals surface area (Å²) in [5, 5.41) is 4.40. The van der Waals surface area contributed by atoms with Gasteiger partial charge in [0.05, 0.1) is 0 Å². The second-order valence-electron chi connectivity index (χ2n) is 6.45. The molecule has 106 valence electrons. The molecule has 1 aliphatic carbocycles. The third-order valence-corrected chi connectivity index (χ3v) is 4.96. The van der Waals surface area contributed by atoms with Gasteiger partial charge in [-0.25, -0.2) is 0 Å². The Labute approximate surface area is 122 Å². The summed E-state index contributed by atoms with van der Waals surface area (Å²) < 4.78 is 0. The molecule has 0 bridgehead atoms. The molecule has 1 aromatic rings. The topological polar surface area (TPSA) is 12.0 Å². The van der Waals surface area contributed by atoms with E-state index in [0.717, 1.165) is 22.8 Å². The largest absolute Gasteiger partial charge is 0.313 e. The number of rotatable bonds is 3. The molecular formula is C17H26ClN. The lowest BCUT2D eigenvalue weighted by Gasteiger charge is -2.36. The van der Waals surface area contributed by atoms with Gasteiger partial charge in [0.2, 0.25) is 0 Å². The quantitative estimate of drug-likeness (QED) is 0.823. The fraction of sp³-hybridized carbons (Fsp3) is 0.647. The molecular weight excluding hydrogens is 254 g/mol. The van der Waals surface area contributed by atoms with E-state index in [4.69, 9.17) is 11.6 Å². The van der Waals surface area contributed by atoms with Crippen molar-refractivity contribution in [3.05, 3.63) is 34.3 Å². The van der Waals surface area contributed by atoms with Gasteiger partial charge in [-0.1, -0.05) is 37.6 Å². The molecule has 1 fully saturated rings.